The molecule has 4 atom stereocenters. The van der Waals surface area contributed by atoms with Gasteiger partial charge in [-0.3, -0.25) is 4.79 Å². The molecular formula is C26H29NO8. The third-order valence-corrected chi connectivity index (χ3v) is 6.55. The zero-order chi connectivity index (χ0) is 24.4. The summed E-state index contributed by atoms with van der Waals surface area (Å²) >= 11 is 0. The summed E-state index contributed by atoms with van der Waals surface area (Å²) in [6, 6.07) is 12.9. The van der Waals surface area contributed by atoms with Crippen LogP contribution >= 0.6 is 0 Å². The molecule has 9 heteroatoms. The van der Waals surface area contributed by atoms with Crippen LogP contribution in [0, 0.1) is 0 Å². The van der Waals surface area contributed by atoms with Gasteiger partial charge in [-0.15, -0.1) is 0 Å². The summed E-state index contributed by atoms with van der Waals surface area (Å²) in [6.45, 7) is 0.401. The molecule has 1 fully saturated rings. The van der Waals surface area contributed by atoms with Crippen molar-refractivity contribution in [3.63, 3.8) is 0 Å². The summed E-state index contributed by atoms with van der Waals surface area (Å²) < 4.78 is 38.6. The number of fused-ring (bicyclic) bond motifs is 2. The second-order valence-corrected chi connectivity index (χ2v) is 8.52. The Morgan fingerprint density at radius 2 is 1.69 bits per heavy atom. The van der Waals surface area contributed by atoms with Gasteiger partial charge in [-0.1, -0.05) is 12.1 Å². The number of methoxy groups -OCH3 is 3. The van der Waals surface area contributed by atoms with E-state index in [1.807, 2.05) is 53.4 Å². The van der Waals surface area contributed by atoms with E-state index < -0.39 is 12.0 Å². The van der Waals surface area contributed by atoms with Crippen LogP contribution in [-0.4, -0.2) is 65.9 Å². The van der Waals surface area contributed by atoms with E-state index in [0.717, 1.165) is 22.6 Å². The summed E-state index contributed by atoms with van der Waals surface area (Å²) in [7, 11) is 4.77. The van der Waals surface area contributed by atoms with Gasteiger partial charge in [0.05, 0.1) is 25.2 Å². The topological polar surface area (TPSA) is 84.9 Å². The lowest BCUT2D eigenvalue weighted by molar-refractivity contribution is -0.148. The summed E-state index contributed by atoms with van der Waals surface area (Å²) in [6.07, 6.45) is 1.84. The Hall–Kier alpha value is -3.11. The first kappa shape index (κ1) is 23.6. The molecule has 186 valence electrons. The van der Waals surface area contributed by atoms with Crippen molar-refractivity contribution >= 4 is 11.6 Å². The molecule has 9 nitrogen and oxygen atoms in total. The monoisotopic (exact) mass is 483 g/mol. The molecule has 0 saturated carbocycles. The first-order chi connectivity index (χ1) is 17.1. The molecular weight excluding hydrogens is 454 g/mol. The van der Waals surface area contributed by atoms with Gasteiger partial charge >= 0.3 is 0 Å². The quantitative estimate of drug-likeness (QED) is 0.397. The predicted octanol–water partition coefficient (Wildman–Crippen LogP) is 3.23. The van der Waals surface area contributed by atoms with E-state index in [-0.39, 0.29) is 38.4 Å². The predicted molar refractivity (Wildman–Crippen MR) is 126 cm³/mol. The number of carbonyl (C=O) groups is 1. The molecule has 0 spiro atoms. The molecule has 2 aromatic rings. The highest BCUT2D eigenvalue weighted by molar-refractivity contribution is 6.05. The minimum atomic E-state index is -0.492. The fraction of sp³-hybridized carbons (Fsp3) is 0.423. The van der Waals surface area contributed by atoms with Crippen LogP contribution in [0.4, 0.5) is 5.69 Å². The highest BCUT2D eigenvalue weighted by atomic mass is 16.7. The van der Waals surface area contributed by atoms with E-state index in [2.05, 4.69) is 0 Å². The largest absolute Gasteiger partial charge is 0.497 e. The first-order valence-corrected chi connectivity index (χ1v) is 11.4. The van der Waals surface area contributed by atoms with Crippen molar-refractivity contribution in [3.05, 3.63) is 59.7 Å². The Kier molecular flexibility index (Phi) is 6.92. The Morgan fingerprint density at radius 3 is 2.43 bits per heavy atom. The molecule has 0 aromatic heterocycles. The van der Waals surface area contributed by atoms with Gasteiger partial charge in [0.2, 0.25) is 12.7 Å². The number of hydrogen-bond donors (Lipinski definition) is 0. The third-order valence-electron chi connectivity index (χ3n) is 6.55. The second-order valence-electron chi connectivity index (χ2n) is 8.52. The average molecular weight is 484 g/mol. The van der Waals surface area contributed by atoms with Crippen molar-refractivity contribution in [2.45, 2.75) is 30.6 Å². The molecule has 3 aliphatic rings. The number of carbonyl (C=O) groups excluding carboxylic acids is 1. The lowest BCUT2D eigenvalue weighted by Crippen LogP contribution is -2.44. The number of amides is 1. The third kappa shape index (κ3) is 4.48. The Bertz CT molecular complexity index is 1090. The summed E-state index contributed by atoms with van der Waals surface area (Å²) in [4.78, 5) is 15.9. The summed E-state index contributed by atoms with van der Waals surface area (Å²) in [5, 5.41) is 0. The SMILES string of the molecule is COCO[C@@H]1C=C2[C@@H](c3ccc4c(c3)OCO4)C(=O)N(c3ccc(OC)cc3)[C@@H]2C[C@H]1OCOC. The Balaban J connectivity index is 1.56. The van der Waals surface area contributed by atoms with E-state index in [9.17, 15) is 4.79 Å². The molecule has 1 amide bonds. The zero-order valence-electron chi connectivity index (χ0n) is 20.0. The molecule has 0 bridgehead atoms. The normalized spacial score (nSPS) is 24.9. The van der Waals surface area contributed by atoms with Gasteiger partial charge in [-0.25, -0.2) is 0 Å². The number of rotatable bonds is 9. The fourth-order valence-electron chi connectivity index (χ4n) is 4.97. The van der Waals surface area contributed by atoms with Gasteiger partial charge in [0, 0.05) is 26.3 Å². The highest BCUT2D eigenvalue weighted by Crippen LogP contribution is 2.47. The number of benzene rings is 2. The fourth-order valence-corrected chi connectivity index (χ4v) is 4.97. The molecule has 0 N–H and O–H groups in total. The van der Waals surface area contributed by atoms with Crippen molar-refractivity contribution in [2.24, 2.45) is 0 Å². The van der Waals surface area contributed by atoms with Gasteiger partial charge in [-0.05, 0) is 47.5 Å². The molecule has 2 aromatic carbocycles. The highest BCUT2D eigenvalue weighted by Gasteiger charge is 2.49. The maximum atomic E-state index is 14.0. The summed E-state index contributed by atoms with van der Waals surface area (Å²) in [5.41, 5.74) is 2.59. The van der Waals surface area contributed by atoms with E-state index in [4.69, 9.17) is 33.2 Å². The van der Waals surface area contributed by atoms with Gasteiger partial charge < -0.3 is 38.1 Å². The Labute approximate surface area is 204 Å². The first-order valence-electron chi connectivity index (χ1n) is 11.4. The molecule has 1 aliphatic carbocycles. The van der Waals surface area contributed by atoms with Crippen LogP contribution < -0.4 is 19.1 Å². The van der Waals surface area contributed by atoms with E-state index in [0.29, 0.717) is 17.9 Å². The van der Waals surface area contributed by atoms with E-state index >= 15 is 0 Å². The number of anilines is 1. The molecule has 5 rings (SSSR count). The van der Waals surface area contributed by atoms with Crippen LogP contribution in [0.25, 0.3) is 0 Å². The maximum absolute atomic E-state index is 14.0. The van der Waals surface area contributed by atoms with Crippen molar-refractivity contribution in [1.82, 2.24) is 0 Å². The number of ether oxygens (including phenoxy) is 7. The average Bonchev–Trinajstić information content (AvgIpc) is 3.46. The van der Waals surface area contributed by atoms with Crippen molar-refractivity contribution < 1.29 is 38.0 Å². The van der Waals surface area contributed by atoms with Gasteiger partial charge in [0.15, 0.2) is 11.5 Å². The van der Waals surface area contributed by atoms with E-state index in [1.165, 1.54) is 0 Å². The minimum absolute atomic E-state index is 0.0248. The molecule has 2 aliphatic heterocycles. The summed E-state index contributed by atoms with van der Waals surface area (Å²) in [5.74, 6) is 1.52. The number of hydrogen-bond acceptors (Lipinski definition) is 8. The van der Waals surface area contributed by atoms with Gasteiger partial charge in [0.25, 0.3) is 0 Å². The van der Waals surface area contributed by atoms with Gasteiger partial charge in [-0.2, -0.15) is 0 Å². The van der Waals surface area contributed by atoms with Gasteiger partial charge in [0.1, 0.15) is 25.4 Å². The minimum Gasteiger partial charge on any atom is -0.497 e. The number of nitrogens with zero attached hydrogens (tertiary/aromatic N) is 1. The molecule has 2 heterocycles. The maximum Gasteiger partial charge on any atom is 0.239 e. The van der Waals surface area contributed by atoms with Crippen molar-refractivity contribution in [2.75, 3.05) is 46.6 Å². The zero-order valence-corrected chi connectivity index (χ0v) is 20.0. The van der Waals surface area contributed by atoms with Crippen LogP contribution in [-0.2, 0) is 23.7 Å². The second kappa shape index (κ2) is 10.2. The molecule has 0 radical (unpaired) electrons. The molecule has 35 heavy (non-hydrogen) atoms. The van der Waals surface area contributed by atoms with Crippen molar-refractivity contribution in [1.29, 1.82) is 0 Å². The van der Waals surface area contributed by atoms with Crippen LogP contribution in [0.5, 0.6) is 17.2 Å². The van der Waals surface area contributed by atoms with Crippen LogP contribution in [0.3, 0.4) is 0 Å². The standard InChI is InChI=1S/C26H29NO8/c1-29-13-32-23-11-19-20(12-24(23)33-14-30-2)27(17-5-7-18(31-3)8-6-17)26(28)25(19)16-4-9-21-22(10-16)35-15-34-21/h4-11,20,23-25H,12-15H2,1-3H3/t20-,23-,24-,25-/m1/s1. The van der Waals surface area contributed by atoms with Crippen LogP contribution in [0.15, 0.2) is 54.1 Å². The Morgan fingerprint density at radius 1 is 0.943 bits per heavy atom. The molecule has 0 unspecified atom stereocenters. The van der Waals surface area contributed by atoms with E-state index in [1.54, 1.807) is 21.3 Å². The molecule has 1 saturated heterocycles. The van der Waals surface area contributed by atoms with Crippen LogP contribution in [0.1, 0.15) is 17.9 Å². The smallest absolute Gasteiger partial charge is 0.239 e. The lowest BCUT2D eigenvalue weighted by atomic mass is 9.83. The van der Waals surface area contributed by atoms with Crippen LogP contribution in [0.2, 0.25) is 0 Å². The lowest BCUT2D eigenvalue weighted by Gasteiger charge is -2.36. The van der Waals surface area contributed by atoms with Crippen molar-refractivity contribution in [3.8, 4) is 17.2 Å².